The fraction of sp³-hybridized carbons (Fsp3) is 0.389. The largest absolute Gasteiger partial charge is 0.494 e. The quantitative estimate of drug-likeness (QED) is 0.630. The van der Waals surface area contributed by atoms with Crippen LogP contribution >= 0.6 is 0 Å². The second-order valence-corrected chi connectivity index (χ2v) is 7.00. The fourth-order valence-corrected chi connectivity index (χ4v) is 2.50. The summed E-state index contributed by atoms with van der Waals surface area (Å²) in [5.41, 5.74) is 1.24. The maximum atomic E-state index is 11.5. The number of esters is 1. The molecule has 2 aromatic rings. The molecule has 1 aromatic carbocycles. The third-order valence-electron chi connectivity index (χ3n) is 4.74. The molecule has 0 N–H and O–H groups in total. The first kappa shape index (κ1) is 17.6. The van der Waals surface area contributed by atoms with Crippen LogP contribution in [-0.4, -0.2) is 41.4 Å². The van der Waals surface area contributed by atoms with Gasteiger partial charge in [0.25, 0.3) is 0 Å². The third kappa shape index (κ3) is 3.30. The molecule has 7 heteroatoms. The summed E-state index contributed by atoms with van der Waals surface area (Å²) in [6.45, 7) is 8.08. The van der Waals surface area contributed by atoms with Gasteiger partial charge in [-0.1, -0.05) is 24.3 Å². The number of nitrogens with zero attached hydrogens (tertiary/aromatic N) is 2. The van der Waals surface area contributed by atoms with Crippen molar-refractivity contribution in [3.8, 4) is 11.4 Å². The molecular formula is C18H21BN2O4. The van der Waals surface area contributed by atoms with Gasteiger partial charge >= 0.3 is 13.1 Å². The predicted molar refractivity (Wildman–Crippen MR) is 94.5 cm³/mol. The average molecular weight is 340 g/mol. The van der Waals surface area contributed by atoms with Gasteiger partial charge in [0.15, 0.2) is 5.82 Å². The highest BCUT2D eigenvalue weighted by Crippen LogP contribution is 2.36. The van der Waals surface area contributed by atoms with E-state index in [0.717, 1.165) is 11.0 Å². The van der Waals surface area contributed by atoms with E-state index in [0.29, 0.717) is 11.4 Å². The van der Waals surface area contributed by atoms with Crippen molar-refractivity contribution in [1.29, 1.82) is 0 Å². The SMILES string of the molecule is COC(=O)c1cnc(-c2cccc(B3OC(C)(C)C(C)(C)O3)c2)nc1. The van der Waals surface area contributed by atoms with Gasteiger partial charge in [-0.25, -0.2) is 14.8 Å². The minimum absolute atomic E-state index is 0.313. The monoisotopic (exact) mass is 340 g/mol. The van der Waals surface area contributed by atoms with Crippen LogP contribution in [0.3, 0.4) is 0 Å². The van der Waals surface area contributed by atoms with E-state index in [2.05, 4.69) is 14.7 Å². The van der Waals surface area contributed by atoms with Crippen LogP contribution in [0.2, 0.25) is 0 Å². The smallest absolute Gasteiger partial charge is 0.465 e. The van der Waals surface area contributed by atoms with Gasteiger partial charge in [-0.3, -0.25) is 0 Å². The van der Waals surface area contributed by atoms with Crippen LogP contribution in [0.4, 0.5) is 0 Å². The van der Waals surface area contributed by atoms with Crippen molar-refractivity contribution in [1.82, 2.24) is 9.97 Å². The Labute approximate surface area is 147 Å². The average Bonchev–Trinajstić information content (AvgIpc) is 2.82. The van der Waals surface area contributed by atoms with Crippen molar-refractivity contribution in [2.75, 3.05) is 7.11 Å². The Hall–Kier alpha value is -2.25. The summed E-state index contributed by atoms with van der Waals surface area (Å²) in [6.07, 6.45) is 2.91. The predicted octanol–water partition coefficient (Wildman–Crippen LogP) is 2.23. The lowest BCUT2D eigenvalue weighted by Gasteiger charge is -2.32. The molecule has 130 valence electrons. The molecule has 1 saturated heterocycles. The molecule has 1 aliphatic rings. The first-order valence-corrected chi connectivity index (χ1v) is 8.10. The molecule has 0 atom stereocenters. The Morgan fingerprint density at radius 2 is 1.68 bits per heavy atom. The molecule has 2 heterocycles. The van der Waals surface area contributed by atoms with Crippen LogP contribution in [0, 0.1) is 0 Å². The molecule has 0 unspecified atom stereocenters. The summed E-state index contributed by atoms with van der Waals surface area (Å²) < 4.78 is 16.8. The molecule has 1 aromatic heterocycles. The van der Waals surface area contributed by atoms with Crippen LogP contribution in [0.5, 0.6) is 0 Å². The van der Waals surface area contributed by atoms with Gasteiger partial charge in [0.1, 0.15) is 0 Å². The highest BCUT2D eigenvalue weighted by Gasteiger charge is 2.51. The normalized spacial score (nSPS) is 18.2. The summed E-state index contributed by atoms with van der Waals surface area (Å²) in [7, 11) is 0.879. The number of ether oxygens (including phenoxy) is 1. The Morgan fingerprint density at radius 3 is 2.24 bits per heavy atom. The third-order valence-corrected chi connectivity index (χ3v) is 4.74. The number of carbonyl (C=O) groups is 1. The fourth-order valence-electron chi connectivity index (χ4n) is 2.50. The molecule has 0 radical (unpaired) electrons. The molecule has 0 saturated carbocycles. The standard InChI is InChI=1S/C18H21BN2O4/c1-17(2)18(3,4)25-19(24-17)14-8-6-7-12(9-14)15-20-10-13(11-21-15)16(22)23-5/h6-11H,1-5H3. The van der Waals surface area contributed by atoms with Gasteiger partial charge < -0.3 is 14.0 Å². The minimum Gasteiger partial charge on any atom is -0.465 e. The molecule has 0 aliphatic carbocycles. The van der Waals surface area contributed by atoms with Gasteiger partial charge in [-0.05, 0) is 33.2 Å². The molecule has 25 heavy (non-hydrogen) atoms. The second kappa shape index (κ2) is 6.24. The highest BCUT2D eigenvalue weighted by molar-refractivity contribution is 6.62. The van der Waals surface area contributed by atoms with Crippen molar-refractivity contribution in [2.45, 2.75) is 38.9 Å². The van der Waals surface area contributed by atoms with Crippen molar-refractivity contribution in [2.24, 2.45) is 0 Å². The van der Waals surface area contributed by atoms with Gasteiger partial charge in [-0.2, -0.15) is 0 Å². The van der Waals surface area contributed by atoms with Gasteiger partial charge in [0.2, 0.25) is 0 Å². The number of rotatable bonds is 3. The molecule has 0 spiro atoms. The molecular weight excluding hydrogens is 319 g/mol. The van der Waals surface area contributed by atoms with E-state index < -0.39 is 24.3 Å². The lowest BCUT2D eigenvalue weighted by Crippen LogP contribution is -2.41. The zero-order chi connectivity index (χ0) is 18.2. The van der Waals surface area contributed by atoms with Crippen molar-refractivity contribution in [3.05, 3.63) is 42.2 Å². The van der Waals surface area contributed by atoms with Gasteiger partial charge in [-0.15, -0.1) is 0 Å². The van der Waals surface area contributed by atoms with E-state index in [-0.39, 0.29) is 0 Å². The maximum absolute atomic E-state index is 11.5. The van der Waals surface area contributed by atoms with Crippen LogP contribution in [-0.2, 0) is 14.0 Å². The first-order chi connectivity index (χ1) is 11.7. The summed E-state index contributed by atoms with van der Waals surface area (Å²) in [6, 6.07) is 7.71. The summed E-state index contributed by atoms with van der Waals surface area (Å²) >= 11 is 0. The zero-order valence-electron chi connectivity index (χ0n) is 15.1. The van der Waals surface area contributed by atoms with Gasteiger partial charge in [0, 0.05) is 18.0 Å². The van der Waals surface area contributed by atoms with E-state index in [1.54, 1.807) is 0 Å². The Kier molecular flexibility index (Phi) is 4.39. The van der Waals surface area contributed by atoms with Crippen molar-refractivity contribution >= 4 is 18.6 Å². The van der Waals surface area contributed by atoms with E-state index in [4.69, 9.17) is 9.31 Å². The van der Waals surface area contributed by atoms with E-state index in [1.807, 2.05) is 52.0 Å². The van der Waals surface area contributed by atoms with Crippen LogP contribution in [0.25, 0.3) is 11.4 Å². The minimum atomic E-state index is -0.461. The second-order valence-electron chi connectivity index (χ2n) is 7.00. The van der Waals surface area contributed by atoms with E-state index in [9.17, 15) is 4.79 Å². The highest BCUT2D eigenvalue weighted by atomic mass is 16.7. The van der Waals surface area contributed by atoms with Crippen LogP contribution < -0.4 is 5.46 Å². The van der Waals surface area contributed by atoms with Crippen LogP contribution in [0.1, 0.15) is 38.1 Å². The molecule has 0 bridgehead atoms. The number of methoxy groups -OCH3 is 1. The van der Waals surface area contributed by atoms with Crippen molar-refractivity contribution < 1.29 is 18.8 Å². The molecule has 6 nitrogen and oxygen atoms in total. The topological polar surface area (TPSA) is 70.5 Å². The van der Waals surface area contributed by atoms with E-state index >= 15 is 0 Å². The molecule has 0 amide bonds. The lowest BCUT2D eigenvalue weighted by molar-refractivity contribution is 0.00578. The Morgan fingerprint density at radius 1 is 1.08 bits per heavy atom. The summed E-state index contributed by atoms with van der Waals surface area (Å²) in [4.78, 5) is 20.0. The van der Waals surface area contributed by atoms with E-state index in [1.165, 1.54) is 19.5 Å². The zero-order valence-corrected chi connectivity index (χ0v) is 15.1. The number of carbonyl (C=O) groups excluding carboxylic acids is 1. The number of aromatic nitrogens is 2. The molecule has 1 fully saturated rings. The number of hydrogen-bond donors (Lipinski definition) is 0. The number of hydrogen-bond acceptors (Lipinski definition) is 6. The first-order valence-electron chi connectivity index (χ1n) is 8.10. The lowest BCUT2D eigenvalue weighted by atomic mass is 9.78. The Bertz CT molecular complexity index is 774. The Balaban J connectivity index is 1.86. The molecule has 3 rings (SSSR count). The number of benzene rings is 1. The summed E-state index contributed by atoms with van der Waals surface area (Å²) in [5, 5.41) is 0. The summed E-state index contributed by atoms with van der Waals surface area (Å²) in [5.74, 6) is 0.0588. The van der Waals surface area contributed by atoms with Gasteiger partial charge in [0.05, 0.1) is 23.9 Å². The molecule has 1 aliphatic heterocycles. The van der Waals surface area contributed by atoms with Crippen molar-refractivity contribution in [3.63, 3.8) is 0 Å². The van der Waals surface area contributed by atoms with Crippen LogP contribution in [0.15, 0.2) is 36.7 Å². The maximum Gasteiger partial charge on any atom is 0.494 e.